The van der Waals surface area contributed by atoms with E-state index in [1.807, 2.05) is 25.1 Å². The molecular weight excluding hydrogens is 290 g/mol. The molecule has 1 aliphatic rings. The van der Waals surface area contributed by atoms with Gasteiger partial charge in [-0.05, 0) is 31.7 Å². The fraction of sp³-hybridized carbons (Fsp3) is 0.500. The molecule has 1 amide bonds. The molecule has 0 aliphatic heterocycles. The lowest BCUT2D eigenvalue weighted by Crippen LogP contribution is -2.41. The van der Waals surface area contributed by atoms with E-state index in [-0.39, 0.29) is 24.1 Å². The van der Waals surface area contributed by atoms with E-state index in [1.165, 1.54) is 11.1 Å². The van der Waals surface area contributed by atoms with Crippen molar-refractivity contribution < 1.29 is 4.79 Å². The van der Waals surface area contributed by atoms with Crippen LogP contribution in [-0.4, -0.2) is 21.7 Å². The molecule has 5 nitrogen and oxygen atoms in total. The lowest BCUT2D eigenvalue weighted by molar-refractivity contribution is -0.122. The minimum atomic E-state index is -0.210. The maximum atomic E-state index is 12.5. The van der Waals surface area contributed by atoms with Gasteiger partial charge in [0.15, 0.2) is 0 Å². The number of carbonyl (C=O) groups is 1. The fourth-order valence-corrected chi connectivity index (χ4v) is 3.49. The molecule has 23 heavy (non-hydrogen) atoms. The third kappa shape index (κ3) is 3.44. The molecule has 3 rings (SSSR count). The van der Waals surface area contributed by atoms with Gasteiger partial charge < -0.3 is 5.32 Å². The molecule has 1 N–H and O–H groups in total. The summed E-state index contributed by atoms with van der Waals surface area (Å²) in [5.41, 5.74) is 0.553. The van der Waals surface area contributed by atoms with E-state index in [1.54, 1.807) is 6.07 Å². The lowest BCUT2D eigenvalue weighted by Gasteiger charge is -2.27. The van der Waals surface area contributed by atoms with Gasteiger partial charge in [-0.25, -0.2) is 4.68 Å². The number of nitrogens with zero attached hydrogens (tertiary/aromatic N) is 2. The number of nitrogens with one attached hydrogen (secondary N) is 1. The monoisotopic (exact) mass is 313 g/mol. The Morgan fingerprint density at radius 1 is 1.30 bits per heavy atom. The Balaban J connectivity index is 1.77. The minimum absolute atomic E-state index is 0.0185. The van der Waals surface area contributed by atoms with Crippen molar-refractivity contribution in [1.82, 2.24) is 15.1 Å². The molecule has 1 aromatic heterocycles. The molecule has 1 saturated carbocycles. The molecule has 0 bridgehead atoms. The Hall–Kier alpha value is -2.17. The predicted molar refractivity (Wildman–Crippen MR) is 90.3 cm³/mol. The molecule has 1 heterocycles. The van der Waals surface area contributed by atoms with Crippen molar-refractivity contribution in [3.05, 3.63) is 40.3 Å². The van der Waals surface area contributed by atoms with Crippen LogP contribution in [0.2, 0.25) is 0 Å². The normalized spacial score (nSPS) is 21.3. The minimum Gasteiger partial charge on any atom is -0.352 e. The molecule has 2 aromatic rings. The third-order valence-corrected chi connectivity index (χ3v) is 4.65. The summed E-state index contributed by atoms with van der Waals surface area (Å²) in [6.07, 6.45) is 4.43. The van der Waals surface area contributed by atoms with E-state index in [0.29, 0.717) is 11.3 Å². The Kier molecular flexibility index (Phi) is 4.46. The molecule has 5 heteroatoms. The fourth-order valence-electron chi connectivity index (χ4n) is 3.49. The van der Waals surface area contributed by atoms with E-state index in [2.05, 4.69) is 17.3 Å². The van der Waals surface area contributed by atoms with E-state index in [9.17, 15) is 9.59 Å². The molecule has 0 spiro atoms. The summed E-state index contributed by atoms with van der Waals surface area (Å²) in [6.45, 7) is 4.06. The van der Waals surface area contributed by atoms with Gasteiger partial charge in [0.05, 0.1) is 11.1 Å². The zero-order chi connectivity index (χ0) is 16.4. The maximum Gasteiger partial charge on any atom is 0.275 e. The number of hydrogen-bond donors (Lipinski definition) is 1. The van der Waals surface area contributed by atoms with Gasteiger partial charge in [-0.1, -0.05) is 38.0 Å². The van der Waals surface area contributed by atoms with Gasteiger partial charge in [0.1, 0.15) is 6.54 Å². The number of aryl methyl sites for hydroxylation is 1. The van der Waals surface area contributed by atoms with Crippen LogP contribution in [0.3, 0.4) is 0 Å². The number of carbonyl (C=O) groups excluding carboxylic acids is 1. The quantitative estimate of drug-likeness (QED) is 0.946. The van der Waals surface area contributed by atoms with Gasteiger partial charge in [0, 0.05) is 11.4 Å². The molecule has 2 atom stereocenters. The Morgan fingerprint density at radius 3 is 2.78 bits per heavy atom. The summed E-state index contributed by atoms with van der Waals surface area (Å²) >= 11 is 0. The van der Waals surface area contributed by atoms with Gasteiger partial charge in [0.25, 0.3) is 5.56 Å². The molecule has 1 aromatic carbocycles. The average Bonchev–Trinajstić information content (AvgIpc) is 2.52. The van der Waals surface area contributed by atoms with E-state index >= 15 is 0 Å². The second-order valence-corrected chi connectivity index (χ2v) is 6.63. The van der Waals surface area contributed by atoms with E-state index in [4.69, 9.17) is 0 Å². The van der Waals surface area contributed by atoms with Crippen molar-refractivity contribution in [3.8, 4) is 0 Å². The summed E-state index contributed by atoms with van der Waals surface area (Å²) < 4.78 is 1.28. The third-order valence-electron chi connectivity index (χ3n) is 4.65. The molecule has 122 valence electrons. The van der Waals surface area contributed by atoms with Crippen LogP contribution >= 0.6 is 0 Å². The second kappa shape index (κ2) is 6.52. The van der Waals surface area contributed by atoms with Gasteiger partial charge >= 0.3 is 0 Å². The highest BCUT2D eigenvalue weighted by molar-refractivity contribution is 5.83. The van der Waals surface area contributed by atoms with Crippen LogP contribution in [0.25, 0.3) is 10.8 Å². The highest BCUT2D eigenvalue weighted by Gasteiger charge is 2.21. The van der Waals surface area contributed by atoms with Crippen molar-refractivity contribution in [3.63, 3.8) is 0 Å². The molecule has 0 radical (unpaired) electrons. The first-order valence-electron chi connectivity index (χ1n) is 8.30. The number of aromatic nitrogens is 2. The van der Waals surface area contributed by atoms with Crippen LogP contribution in [0.4, 0.5) is 0 Å². The first-order valence-corrected chi connectivity index (χ1v) is 8.30. The van der Waals surface area contributed by atoms with Crippen LogP contribution in [0.5, 0.6) is 0 Å². The predicted octanol–water partition coefficient (Wildman–Crippen LogP) is 2.40. The largest absolute Gasteiger partial charge is 0.352 e. The number of rotatable bonds is 3. The number of hydrogen-bond acceptors (Lipinski definition) is 3. The molecular formula is C18H23N3O2. The molecule has 0 saturated heterocycles. The molecule has 2 unspecified atom stereocenters. The first-order chi connectivity index (χ1) is 11.0. The van der Waals surface area contributed by atoms with Crippen molar-refractivity contribution in [2.24, 2.45) is 5.92 Å². The first kappa shape index (κ1) is 15.7. The zero-order valence-electron chi connectivity index (χ0n) is 13.7. The smallest absolute Gasteiger partial charge is 0.275 e. The van der Waals surface area contributed by atoms with Crippen molar-refractivity contribution in [1.29, 1.82) is 0 Å². The molecule has 1 fully saturated rings. The summed E-state index contributed by atoms with van der Waals surface area (Å²) in [5.74, 6) is 0.520. The van der Waals surface area contributed by atoms with Gasteiger partial charge in [-0.3, -0.25) is 9.59 Å². The van der Waals surface area contributed by atoms with Crippen LogP contribution in [0.15, 0.2) is 29.1 Å². The van der Waals surface area contributed by atoms with Crippen molar-refractivity contribution in [2.75, 3.05) is 0 Å². The van der Waals surface area contributed by atoms with Crippen molar-refractivity contribution in [2.45, 2.75) is 52.1 Å². The summed E-state index contributed by atoms with van der Waals surface area (Å²) in [6, 6.07) is 7.61. The number of fused-ring (bicyclic) bond motifs is 1. The summed E-state index contributed by atoms with van der Waals surface area (Å²) in [5, 5.41) is 8.80. The SMILES string of the molecule is Cc1nn(CC(=O)NC2CCCC(C)C2)c(=O)c2ccccc12. The molecule has 1 aliphatic carbocycles. The van der Waals surface area contributed by atoms with Gasteiger partial charge in [-0.15, -0.1) is 0 Å². The Bertz CT molecular complexity index is 781. The van der Waals surface area contributed by atoms with Gasteiger partial charge in [0.2, 0.25) is 5.91 Å². The lowest BCUT2D eigenvalue weighted by atomic mass is 9.87. The topological polar surface area (TPSA) is 64.0 Å². The Labute approximate surface area is 135 Å². The van der Waals surface area contributed by atoms with E-state index < -0.39 is 0 Å². The van der Waals surface area contributed by atoms with Crippen LogP contribution in [-0.2, 0) is 11.3 Å². The Morgan fingerprint density at radius 2 is 2.04 bits per heavy atom. The summed E-state index contributed by atoms with van der Waals surface area (Å²) in [4.78, 5) is 24.8. The number of benzene rings is 1. The maximum absolute atomic E-state index is 12.5. The highest BCUT2D eigenvalue weighted by atomic mass is 16.2. The van der Waals surface area contributed by atoms with Gasteiger partial charge in [-0.2, -0.15) is 5.10 Å². The standard InChI is InChI=1S/C18H23N3O2/c1-12-6-5-7-14(10-12)19-17(22)11-21-18(23)16-9-4-3-8-15(16)13(2)20-21/h3-4,8-9,12,14H,5-7,10-11H2,1-2H3,(H,19,22). The second-order valence-electron chi connectivity index (χ2n) is 6.63. The van der Waals surface area contributed by atoms with E-state index in [0.717, 1.165) is 30.3 Å². The van der Waals surface area contributed by atoms with Crippen LogP contribution in [0, 0.1) is 12.8 Å². The van der Waals surface area contributed by atoms with Crippen LogP contribution in [0.1, 0.15) is 38.3 Å². The average molecular weight is 313 g/mol. The summed E-state index contributed by atoms with van der Waals surface area (Å²) in [7, 11) is 0. The van der Waals surface area contributed by atoms with Crippen LogP contribution < -0.4 is 10.9 Å². The zero-order valence-corrected chi connectivity index (χ0v) is 13.7. The number of amides is 1. The highest BCUT2D eigenvalue weighted by Crippen LogP contribution is 2.23. The van der Waals surface area contributed by atoms with Crippen molar-refractivity contribution >= 4 is 16.7 Å².